The molecule has 1 amide bonds. The number of benzene rings is 1. The minimum Gasteiger partial charge on any atom is -0.497 e. The first kappa shape index (κ1) is 27.7. The lowest BCUT2D eigenvalue weighted by Gasteiger charge is -2.40. The van der Waals surface area contributed by atoms with Crippen molar-refractivity contribution in [1.29, 1.82) is 0 Å². The second kappa shape index (κ2) is 12.8. The van der Waals surface area contributed by atoms with Crippen LogP contribution in [0.2, 0.25) is 0 Å². The molecule has 2 unspecified atom stereocenters. The Balaban J connectivity index is 0.00000385. The molecule has 2 atom stereocenters. The Morgan fingerprint density at radius 2 is 1.85 bits per heavy atom. The molecule has 186 valence electrons. The zero-order valence-corrected chi connectivity index (χ0v) is 23.2. The van der Waals surface area contributed by atoms with Gasteiger partial charge in [0.2, 0.25) is 5.91 Å². The molecule has 0 spiro atoms. The number of piperidine rings is 1. The van der Waals surface area contributed by atoms with Crippen LogP contribution in [0.1, 0.15) is 50.1 Å². The molecule has 33 heavy (non-hydrogen) atoms. The van der Waals surface area contributed by atoms with E-state index in [9.17, 15) is 4.79 Å². The van der Waals surface area contributed by atoms with Gasteiger partial charge in [-0.3, -0.25) is 14.7 Å². The van der Waals surface area contributed by atoms with Crippen molar-refractivity contribution in [3.63, 3.8) is 0 Å². The Kier molecular flexibility index (Phi) is 10.7. The summed E-state index contributed by atoms with van der Waals surface area (Å²) in [7, 11) is 9.43. The monoisotopic (exact) mass is 571 g/mol. The number of ether oxygens (including phenoxy) is 1. The van der Waals surface area contributed by atoms with Crippen molar-refractivity contribution in [2.45, 2.75) is 44.6 Å². The van der Waals surface area contributed by atoms with Crippen molar-refractivity contribution in [1.82, 2.24) is 20.4 Å². The highest BCUT2D eigenvalue weighted by Crippen LogP contribution is 2.39. The quantitative estimate of drug-likeness (QED) is 0.298. The Labute approximate surface area is 216 Å². The molecule has 8 heteroatoms. The maximum atomic E-state index is 12.9. The Morgan fingerprint density at radius 3 is 2.42 bits per heavy atom. The van der Waals surface area contributed by atoms with E-state index < -0.39 is 0 Å². The van der Waals surface area contributed by atoms with E-state index in [0.717, 1.165) is 50.5 Å². The Hall–Kier alpha value is -1.55. The number of nitrogens with zero attached hydrogens (tertiary/aromatic N) is 3. The van der Waals surface area contributed by atoms with Crippen molar-refractivity contribution in [2.75, 3.05) is 54.9 Å². The smallest absolute Gasteiger partial charge is 0.230 e. The number of hydrogen-bond donors (Lipinski definition) is 2. The van der Waals surface area contributed by atoms with E-state index in [1.54, 1.807) is 19.1 Å². The fraction of sp³-hybridized carbons (Fsp3) is 0.680. The molecule has 3 rings (SSSR count). The summed E-state index contributed by atoms with van der Waals surface area (Å²) in [5.41, 5.74) is 1.02. The van der Waals surface area contributed by atoms with E-state index in [-0.39, 0.29) is 35.3 Å². The summed E-state index contributed by atoms with van der Waals surface area (Å²) in [4.78, 5) is 21.5. The zero-order chi connectivity index (χ0) is 23.1. The van der Waals surface area contributed by atoms with Crippen molar-refractivity contribution >= 4 is 35.8 Å². The molecule has 1 aromatic carbocycles. The highest BCUT2D eigenvalue weighted by Gasteiger charge is 2.42. The Bertz CT molecular complexity index is 778. The van der Waals surface area contributed by atoms with Gasteiger partial charge in [0.05, 0.1) is 12.5 Å². The second-order valence-electron chi connectivity index (χ2n) is 9.59. The molecule has 0 bridgehead atoms. The topological polar surface area (TPSA) is 69.2 Å². The number of nitrogens with one attached hydrogen (secondary N) is 2. The second-order valence-corrected chi connectivity index (χ2v) is 9.59. The van der Waals surface area contributed by atoms with Crippen LogP contribution in [0.25, 0.3) is 0 Å². The molecule has 1 heterocycles. The number of hydrogen-bond acceptors (Lipinski definition) is 4. The van der Waals surface area contributed by atoms with Crippen molar-refractivity contribution < 1.29 is 9.53 Å². The van der Waals surface area contributed by atoms with Crippen LogP contribution in [-0.4, -0.2) is 76.6 Å². The Morgan fingerprint density at radius 1 is 1.18 bits per heavy atom. The van der Waals surface area contributed by atoms with E-state index in [2.05, 4.69) is 39.7 Å². The van der Waals surface area contributed by atoms with Crippen LogP contribution in [0.5, 0.6) is 5.75 Å². The van der Waals surface area contributed by atoms with E-state index in [1.807, 2.05) is 26.2 Å². The molecule has 1 saturated heterocycles. The molecule has 2 N–H and O–H groups in total. The molecule has 2 fully saturated rings. The van der Waals surface area contributed by atoms with Crippen LogP contribution in [-0.2, 0) is 4.79 Å². The van der Waals surface area contributed by atoms with Gasteiger partial charge < -0.3 is 20.3 Å². The predicted molar refractivity (Wildman–Crippen MR) is 145 cm³/mol. The number of carbonyl (C=O) groups is 1. The first-order chi connectivity index (χ1) is 15.4. The van der Waals surface area contributed by atoms with Gasteiger partial charge in [0.25, 0.3) is 0 Å². The highest BCUT2D eigenvalue weighted by atomic mass is 127. The first-order valence-electron chi connectivity index (χ1n) is 11.9. The maximum absolute atomic E-state index is 12.9. The van der Waals surface area contributed by atoms with Crippen molar-refractivity contribution in [3.05, 3.63) is 29.8 Å². The van der Waals surface area contributed by atoms with Gasteiger partial charge in [-0.05, 0) is 62.9 Å². The van der Waals surface area contributed by atoms with E-state index in [4.69, 9.17) is 4.74 Å². The molecule has 1 aromatic rings. The lowest BCUT2D eigenvalue weighted by molar-refractivity contribution is -0.138. The molecular weight excluding hydrogens is 529 g/mol. The number of aliphatic imine (C=N–C) groups is 1. The predicted octanol–water partition coefficient (Wildman–Crippen LogP) is 3.51. The number of guanidine groups is 1. The molecule has 2 aliphatic rings. The zero-order valence-electron chi connectivity index (χ0n) is 20.9. The van der Waals surface area contributed by atoms with Gasteiger partial charge in [0.1, 0.15) is 5.75 Å². The largest absolute Gasteiger partial charge is 0.497 e. The van der Waals surface area contributed by atoms with Gasteiger partial charge in [-0.25, -0.2) is 0 Å². The summed E-state index contributed by atoms with van der Waals surface area (Å²) in [6, 6.07) is 8.82. The lowest BCUT2D eigenvalue weighted by atomic mass is 9.84. The molecule has 7 nitrogen and oxygen atoms in total. The molecular formula is C25H42IN5O2. The fourth-order valence-electron chi connectivity index (χ4n) is 5.49. The molecule has 1 aliphatic carbocycles. The number of likely N-dealkylation sites (tertiary alicyclic amines) is 1. The van der Waals surface area contributed by atoms with Crippen LogP contribution in [0.4, 0.5) is 0 Å². The minimum atomic E-state index is -0.308. The van der Waals surface area contributed by atoms with Gasteiger partial charge in [0.15, 0.2) is 5.96 Å². The fourth-order valence-corrected chi connectivity index (χ4v) is 5.49. The third kappa shape index (κ3) is 6.74. The highest BCUT2D eigenvalue weighted by molar-refractivity contribution is 14.0. The van der Waals surface area contributed by atoms with E-state index in [0.29, 0.717) is 18.5 Å². The van der Waals surface area contributed by atoms with Crippen LogP contribution in [0.3, 0.4) is 0 Å². The summed E-state index contributed by atoms with van der Waals surface area (Å²) in [5, 5.41) is 7.02. The first-order valence-corrected chi connectivity index (χ1v) is 11.9. The van der Waals surface area contributed by atoms with Crippen LogP contribution >= 0.6 is 24.0 Å². The molecule has 1 aliphatic heterocycles. The van der Waals surface area contributed by atoms with E-state index >= 15 is 0 Å². The van der Waals surface area contributed by atoms with Crippen LogP contribution < -0.4 is 15.4 Å². The molecule has 0 aromatic heterocycles. The van der Waals surface area contributed by atoms with Gasteiger partial charge in [-0.1, -0.05) is 25.0 Å². The van der Waals surface area contributed by atoms with E-state index in [1.165, 1.54) is 18.4 Å². The number of halogens is 1. The molecule has 1 saturated carbocycles. The van der Waals surface area contributed by atoms with Crippen LogP contribution in [0.15, 0.2) is 29.3 Å². The van der Waals surface area contributed by atoms with Gasteiger partial charge in [-0.15, -0.1) is 24.0 Å². The number of rotatable bonds is 7. The van der Waals surface area contributed by atoms with Crippen molar-refractivity contribution in [2.24, 2.45) is 16.3 Å². The van der Waals surface area contributed by atoms with Gasteiger partial charge in [0, 0.05) is 40.3 Å². The van der Waals surface area contributed by atoms with Gasteiger partial charge in [-0.2, -0.15) is 0 Å². The van der Waals surface area contributed by atoms with Crippen molar-refractivity contribution in [3.8, 4) is 5.75 Å². The average molecular weight is 572 g/mol. The number of methoxy groups -OCH3 is 1. The maximum Gasteiger partial charge on any atom is 0.230 e. The minimum absolute atomic E-state index is 0. The standard InChI is InChI=1S/C25H41N5O2.HI/c1-26-24(28-18-25(14-6-7-15-25)23(31)29(2)3)27-17-20-9-8-16-30(4)22(20)19-10-12-21(32-5)13-11-19;/h10-13,20,22H,6-9,14-18H2,1-5H3,(H2,26,27,28);1H. The summed E-state index contributed by atoms with van der Waals surface area (Å²) in [6.45, 7) is 2.58. The van der Waals surface area contributed by atoms with Crippen LogP contribution in [0, 0.1) is 11.3 Å². The lowest BCUT2D eigenvalue weighted by Crippen LogP contribution is -2.50. The summed E-state index contributed by atoms with van der Waals surface area (Å²) in [6.07, 6.45) is 6.49. The number of carbonyl (C=O) groups excluding carboxylic acids is 1. The molecule has 0 radical (unpaired) electrons. The third-order valence-electron chi connectivity index (χ3n) is 7.23. The summed E-state index contributed by atoms with van der Waals surface area (Å²) in [5.74, 6) is 2.38. The summed E-state index contributed by atoms with van der Waals surface area (Å²) >= 11 is 0. The number of amides is 1. The third-order valence-corrected chi connectivity index (χ3v) is 7.23. The SMILES string of the molecule is CN=C(NCC1CCCN(C)C1c1ccc(OC)cc1)NCC1(C(=O)N(C)C)CCCC1.I. The van der Waals surface area contributed by atoms with Gasteiger partial charge >= 0.3 is 0 Å². The average Bonchev–Trinajstić information content (AvgIpc) is 3.29. The normalized spacial score (nSPS) is 22.9. The summed E-state index contributed by atoms with van der Waals surface area (Å²) < 4.78 is 5.34.